The molecule has 3 heterocycles. The molecule has 1 atom stereocenters. The van der Waals surface area contributed by atoms with Gasteiger partial charge in [0.05, 0.1) is 23.8 Å². The van der Waals surface area contributed by atoms with Gasteiger partial charge in [0.25, 0.3) is 5.91 Å². The van der Waals surface area contributed by atoms with E-state index in [0.29, 0.717) is 24.5 Å². The molecule has 0 aliphatic carbocycles. The van der Waals surface area contributed by atoms with E-state index in [1.54, 1.807) is 30.5 Å². The zero-order valence-electron chi connectivity index (χ0n) is 20.1. The van der Waals surface area contributed by atoms with Gasteiger partial charge in [0.2, 0.25) is 10.0 Å². The molecule has 0 spiro atoms. The summed E-state index contributed by atoms with van der Waals surface area (Å²) in [6, 6.07) is 7.75. The Morgan fingerprint density at radius 3 is 2.71 bits per heavy atom. The average molecular weight is 655 g/mol. The SMILES string of the molecule is O=C(NC[C@H](NS(=O)(=O)c1ccc(I)cc1)C(=O)O)c1cnc2ccc(OCCNC3=NCCCN3)cn12. The van der Waals surface area contributed by atoms with Gasteiger partial charge in [-0.05, 0) is 65.4 Å². The summed E-state index contributed by atoms with van der Waals surface area (Å²) in [6.07, 6.45) is 3.94. The summed E-state index contributed by atoms with van der Waals surface area (Å²) >= 11 is 2.03. The number of carbonyl (C=O) groups excluding carboxylic acids is 1. The molecule has 38 heavy (non-hydrogen) atoms. The van der Waals surface area contributed by atoms with Crippen molar-refractivity contribution in [2.24, 2.45) is 4.99 Å². The van der Waals surface area contributed by atoms with E-state index >= 15 is 0 Å². The Balaban J connectivity index is 1.37. The van der Waals surface area contributed by atoms with E-state index in [9.17, 15) is 23.1 Å². The highest BCUT2D eigenvalue weighted by atomic mass is 127. The minimum absolute atomic E-state index is 0.0806. The fourth-order valence-electron chi connectivity index (χ4n) is 3.54. The molecule has 5 N–H and O–H groups in total. The van der Waals surface area contributed by atoms with Crippen molar-refractivity contribution >= 4 is 56.1 Å². The van der Waals surface area contributed by atoms with Gasteiger partial charge in [-0.2, -0.15) is 4.72 Å². The number of carboxylic acids is 1. The summed E-state index contributed by atoms with van der Waals surface area (Å²) in [5.74, 6) is -0.823. The third-order valence-corrected chi connectivity index (χ3v) is 7.66. The number of halogens is 1. The number of amides is 1. The van der Waals surface area contributed by atoms with E-state index in [1.165, 1.54) is 22.7 Å². The molecule has 1 aliphatic rings. The van der Waals surface area contributed by atoms with Gasteiger partial charge in [-0.3, -0.25) is 19.0 Å². The Labute approximate surface area is 232 Å². The zero-order valence-corrected chi connectivity index (χ0v) is 23.0. The quantitative estimate of drug-likeness (QED) is 0.145. The second kappa shape index (κ2) is 12.4. The molecule has 0 unspecified atom stereocenters. The fourth-order valence-corrected chi connectivity index (χ4v) is 5.09. The molecule has 0 radical (unpaired) electrons. The number of rotatable bonds is 11. The molecule has 0 bridgehead atoms. The fraction of sp³-hybridized carbons (Fsp3) is 0.304. The lowest BCUT2D eigenvalue weighted by atomic mass is 10.3. The summed E-state index contributed by atoms with van der Waals surface area (Å²) in [5, 5.41) is 18.3. The number of carbonyl (C=O) groups is 2. The van der Waals surface area contributed by atoms with Gasteiger partial charge < -0.3 is 25.8 Å². The van der Waals surface area contributed by atoms with Gasteiger partial charge in [-0.25, -0.2) is 13.4 Å². The Kier molecular flexibility index (Phi) is 9.01. The second-order valence-electron chi connectivity index (χ2n) is 8.20. The van der Waals surface area contributed by atoms with Crippen molar-refractivity contribution in [2.45, 2.75) is 17.4 Å². The number of aliphatic carboxylic acids is 1. The number of guanidine groups is 1. The summed E-state index contributed by atoms with van der Waals surface area (Å²) in [7, 11) is -4.12. The number of pyridine rings is 1. The first-order valence-corrected chi connectivity index (χ1v) is 14.2. The number of imidazole rings is 1. The normalized spacial score (nSPS) is 14.3. The van der Waals surface area contributed by atoms with Crippen LogP contribution in [-0.2, 0) is 14.8 Å². The van der Waals surface area contributed by atoms with Gasteiger partial charge >= 0.3 is 5.97 Å². The molecule has 0 saturated carbocycles. The topological polar surface area (TPSA) is 176 Å². The van der Waals surface area contributed by atoms with Crippen LogP contribution in [0, 0.1) is 3.57 Å². The molecule has 1 aliphatic heterocycles. The number of sulfonamides is 1. The van der Waals surface area contributed by atoms with E-state index in [1.807, 2.05) is 22.6 Å². The van der Waals surface area contributed by atoms with Crippen molar-refractivity contribution in [2.75, 3.05) is 32.8 Å². The number of aromatic nitrogens is 2. The predicted molar refractivity (Wildman–Crippen MR) is 147 cm³/mol. The monoisotopic (exact) mass is 655 g/mol. The van der Waals surface area contributed by atoms with Crippen molar-refractivity contribution in [1.82, 2.24) is 30.1 Å². The Hall–Kier alpha value is -3.44. The van der Waals surface area contributed by atoms with Gasteiger partial charge in [0.1, 0.15) is 29.7 Å². The molecule has 1 aromatic carbocycles. The molecular weight excluding hydrogens is 629 g/mol. The van der Waals surface area contributed by atoms with Crippen LogP contribution in [0.15, 0.2) is 58.7 Å². The number of hydrogen-bond donors (Lipinski definition) is 5. The average Bonchev–Trinajstić information content (AvgIpc) is 3.33. The molecular formula is C23H26IN7O6S. The van der Waals surface area contributed by atoms with Crippen molar-refractivity contribution in [1.29, 1.82) is 0 Å². The summed E-state index contributed by atoms with van der Waals surface area (Å²) in [4.78, 5) is 33.0. The number of benzene rings is 1. The van der Waals surface area contributed by atoms with Crippen LogP contribution in [-0.4, -0.2) is 79.6 Å². The highest BCUT2D eigenvalue weighted by Gasteiger charge is 2.26. The highest BCUT2D eigenvalue weighted by Crippen LogP contribution is 2.15. The molecule has 1 amide bonds. The van der Waals surface area contributed by atoms with Crippen LogP contribution in [0.25, 0.3) is 5.65 Å². The number of carboxylic acid groups (broad SMARTS) is 1. The first-order valence-electron chi connectivity index (χ1n) is 11.6. The Morgan fingerprint density at radius 1 is 1.21 bits per heavy atom. The standard InChI is InChI=1S/C23H26IN7O6S/c24-15-2-5-17(6-3-15)38(35,36)30-18(22(33)34)12-29-21(32)19-13-28-20-7-4-16(14-31(19)20)37-11-10-27-23-25-8-1-9-26-23/h2-7,13-14,18,30H,1,8-12H2,(H,29,32)(H,33,34)(H2,25,26,27)/t18-/m0/s1. The van der Waals surface area contributed by atoms with Gasteiger partial charge in [-0.15, -0.1) is 0 Å². The van der Waals surface area contributed by atoms with Gasteiger partial charge in [0, 0.05) is 23.2 Å². The van der Waals surface area contributed by atoms with Crippen LogP contribution in [0.4, 0.5) is 0 Å². The van der Waals surface area contributed by atoms with Crippen molar-refractivity contribution < 1.29 is 27.9 Å². The molecule has 0 saturated heterocycles. The molecule has 13 nitrogen and oxygen atoms in total. The predicted octanol–water partition coefficient (Wildman–Crippen LogP) is 0.418. The second-order valence-corrected chi connectivity index (χ2v) is 11.2. The van der Waals surface area contributed by atoms with Crippen LogP contribution in [0.2, 0.25) is 0 Å². The minimum Gasteiger partial charge on any atom is -0.490 e. The zero-order chi connectivity index (χ0) is 27.1. The number of nitrogens with zero attached hydrogens (tertiary/aromatic N) is 3. The number of nitrogens with one attached hydrogen (secondary N) is 4. The lowest BCUT2D eigenvalue weighted by molar-refractivity contribution is -0.138. The first-order chi connectivity index (χ1) is 18.2. The third kappa shape index (κ3) is 7.11. The Morgan fingerprint density at radius 2 is 2.00 bits per heavy atom. The van der Waals surface area contributed by atoms with E-state index < -0.39 is 34.5 Å². The van der Waals surface area contributed by atoms with E-state index in [0.717, 1.165) is 29.0 Å². The number of aliphatic imine (C=N–C) groups is 1. The Bertz CT molecular complexity index is 1440. The first kappa shape index (κ1) is 27.6. The van der Waals surface area contributed by atoms with Crippen molar-refractivity contribution in [3.05, 3.63) is 58.1 Å². The van der Waals surface area contributed by atoms with Crippen LogP contribution >= 0.6 is 22.6 Å². The van der Waals surface area contributed by atoms with Gasteiger partial charge in [0.15, 0.2) is 5.96 Å². The molecule has 4 rings (SSSR count). The van der Waals surface area contributed by atoms with Crippen molar-refractivity contribution in [3.8, 4) is 5.75 Å². The highest BCUT2D eigenvalue weighted by molar-refractivity contribution is 14.1. The summed E-state index contributed by atoms with van der Waals surface area (Å²) in [5.41, 5.74) is 0.615. The van der Waals surface area contributed by atoms with Crippen LogP contribution in [0.1, 0.15) is 16.9 Å². The minimum atomic E-state index is -4.12. The number of hydrogen-bond acceptors (Lipinski definition) is 9. The molecule has 2 aromatic heterocycles. The van der Waals surface area contributed by atoms with E-state index in [4.69, 9.17) is 4.74 Å². The van der Waals surface area contributed by atoms with Crippen molar-refractivity contribution in [3.63, 3.8) is 0 Å². The molecule has 202 valence electrons. The lowest BCUT2D eigenvalue weighted by Crippen LogP contribution is -2.48. The number of fused-ring (bicyclic) bond motifs is 1. The maximum absolute atomic E-state index is 12.9. The van der Waals surface area contributed by atoms with Crippen LogP contribution in [0.5, 0.6) is 5.75 Å². The maximum Gasteiger partial charge on any atom is 0.323 e. The molecule has 15 heteroatoms. The van der Waals surface area contributed by atoms with E-state index in [-0.39, 0.29) is 10.6 Å². The lowest BCUT2D eigenvalue weighted by Gasteiger charge is -2.16. The molecule has 0 fully saturated rings. The van der Waals surface area contributed by atoms with Crippen LogP contribution < -0.4 is 25.4 Å². The van der Waals surface area contributed by atoms with Crippen LogP contribution in [0.3, 0.4) is 0 Å². The maximum atomic E-state index is 12.9. The third-order valence-electron chi connectivity index (χ3n) is 5.46. The smallest absolute Gasteiger partial charge is 0.323 e. The summed E-state index contributed by atoms with van der Waals surface area (Å²) in [6.45, 7) is 2.05. The number of ether oxygens (including phenoxy) is 1. The van der Waals surface area contributed by atoms with Gasteiger partial charge in [-0.1, -0.05) is 0 Å². The molecule has 3 aromatic rings. The van der Waals surface area contributed by atoms with E-state index in [2.05, 4.69) is 30.6 Å². The largest absolute Gasteiger partial charge is 0.490 e. The summed E-state index contributed by atoms with van der Waals surface area (Å²) < 4.78 is 35.4.